The molecule has 0 atom stereocenters. The maximum atomic E-state index is 10.6. The van der Waals surface area contributed by atoms with Crippen LogP contribution in [0, 0.1) is 0 Å². The zero-order valence-corrected chi connectivity index (χ0v) is 7.36. The second-order valence-corrected chi connectivity index (χ2v) is 2.38. The Kier molecular flexibility index (Phi) is 3.57. The van der Waals surface area contributed by atoms with Gasteiger partial charge in [0, 0.05) is 6.20 Å². The first-order valence-electron chi connectivity index (χ1n) is 3.89. The molecule has 0 fully saturated rings. The molecular weight excluding hydrogens is 166 g/mol. The van der Waals surface area contributed by atoms with Crippen molar-refractivity contribution in [2.24, 2.45) is 0 Å². The van der Waals surface area contributed by atoms with Crippen molar-refractivity contribution in [3.8, 4) is 0 Å². The number of ether oxygens (including phenoxy) is 1. The normalized spacial score (nSPS) is 9.92. The molecule has 68 valence electrons. The van der Waals surface area contributed by atoms with Gasteiger partial charge < -0.3 is 4.74 Å². The lowest BCUT2D eigenvalue weighted by Gasteiger charge is -1.95. The van der Waals surface area contributed by atoms with E-state index in [0.717, 1.165) is 5.56 Å². The van der Waals surface area contributed by atoms with Crippen molar-refractivity contribution in [3.63, 3.8) is 0 Å². The SMILES string of the molecule is COC(=O)NC=Cc1ccccc1. The summed E-state index contributed by atoms with van der Waals surface area (Å²) in [6.07, 6.45) is 2.87. The number of carbonyl (C=O) groups is 1. The Balaban J connectivity index is 2.45. The molecule has 13 heavy (non-hydrogen) atoms. The standard InChI is InChI=1S/C10H11NO2/c1-13-10(12)11-8-7-9-5-3-2-4-6-9/h2-8H,1H3,(H,11,12). The van der Waals surface area contributed by atoms with Crippen molar-refractivity contribution in [1.29, 1.82) is 0 Å². The van der Waals surface area contributed by atoms with Crippen LogP contribution in [0.2, 0.25) is 0 Å². The summed E-state index contributed by atoms with van der Waals surface area (Å²) in [6, 6.07) is 9.67. The second kappa shape index (κ2) is 4.98. The number of hydrogen-bond acceptors (Lipinski definition) is 2. The van der Waals surface area contributed by atoms with Crippen LogP contribution in [-0.4, -0.2) is 13.2 Å². The number of alkyl carbamates (subject to hydrolysis) is 1. The third-order valence-corrected chi connectivity index (χ3v) is 1.46. The predicted octanol–water partition coefficient (Wildman–Crippen LogP) is 2.01. The Labute approximate surface area is 77.0 Å². The molecule has 0 saturated heterocycles. The molecule has 0 radical (unpaired) electrons. The summed E-state index contributed by atoms with van der Waals surface area (Å²) in [4.78, 5) is 10.6. The van der Waals surface area contributed by atoms with E-state index in [0.29, 0.717) is 0 Å². The van der Waals surface area contributed by atoms with Crippen LogP contribution < -0.4 is 5.32 Å². The topological polar surface area (TPSA) is 38.3 Å². The van der Waals surface area contributed by atoms with Crippen LogP contribution >= 0.6 is 0 Å². The van der Waals surface area contributed by atoms with Crippen molar-refractivity contribution in [1.82, 2.24) is 5.32 Å². The number of carbonyl (C=O) groups excluding carboxylic acids is 1. The monoisotopic (exact) mass is 177 g/mol. The van der Waals surface area contributed by atoms with Crippen LogP contribution in [0.3, 0.4) is 0 Å². The molecule has 1 N–H and O–H groups in total. The molecule has 1 amide bonds. The molecule has 0 aliphatic heterocycles. The van der Waals surface area contributed by atoms with Gasteiger partial charge in [0.1, 0.15) is 0 Å². The fourth-order valence-corrected chi connectivity index (χ4v) is 0.829. The molecule has 0 bridgehead atoms. The quantitative estimate of drug-likeness (QED) is 0.750. The predicted molar refractivity (Wildman–Crippen MR) is 51.0 cm³/mol. The zero-order valence-electron chi connectivity index (χ0n) is 7.36. The van der Waals surface area contributed by atoms with Gasteiger partial charge in [-0.3, -0.25) is 5.32 Å². The van der Waals surface area contributed by atoms with E-state index in [1.54, 1.807) is 12.3 Å². The first kappa shape index (κ1) is 9.32. The van der Waals surface area contributed by atoms with Crippen molar-refractivity contribution < 1.29 is 9.53 Å². The highest BCUT2D eigenvalue weighted by Crippen LogP contribution is 1.99. The molecule has 1 rings (SSSR count). The van der Waals surface area contributed by atoms with Crippen LogP contribution in [0.1, 0.15) is 5.56 Å². The van der Waals surface area contributed by atoms with E-state index in [1.807, 2.05) is 30.3 Å². The van der Waals surface area contributed by atoms with Gasteiger partial charge in [0.25, 0.3) is 0 Å². The van der Waals surface area contributed by atoms with Gasteiger partial charge in [-0.1, -0.05) is 30.3 Å². The van der Waals surface area contributed by atoms with Gasteiger partial charge in [-0.15, -0.1) is 0 Å². The Morgan fingerprint density at radius 3 is 2.69 bits per heavy atom. The average Bonchev–Trinajstić information content (AvgIpc) is 2.19. The Bertz CT molecular complexity index is 293. The summed E-state index contributed by atoms with van der Waals surface area (Å²) in [5.41, 5.74) is 1.03. The summed E-state index contributed by atoms with van der Waals surface area (Å²) in [7, 11) is 1.33. The van der Waals surface area contributed by atoms with Gasteiger partial charge in [0.05, 0.1) is 7.11 Å². The summed E-state index contributed by atoms with van der Waals surface area (Å²) < 4.78 is 4.39. The first-order chi connectivity index (χ1) is 6.33. The number of methoxy groups -OCH3 is 1. The summed E-state index contributed by atoms with van der Waals surface area (Å²) in [5, 5.41) is 2.44. The van der Waals surface area contributed by atoms with E-state index in [2.05, 4.69) is 10.1 Å². The number of benzene rings is 1. The molecule has 1 aromatic rings. The van der Waals surface area contributed by atoms with Gasteiger partial charge in [-0.05, 0) is 11.6 Å². The lowest BCUT2D eigenvalue weighted by atomic mass is 10.2. The van der Waals surface area contributed by atoms with Crippen molar-refractivity contribution in [3.05, 3.63) is 42.1 Å². The molecule has 0 aliphatic rings. The minimum atomic E-state index is -0.466. The van der Waals surface area contributed by atoms with E-state index >= 15 is 0 Å². The van der Waals surface area contributed by atoms with Gasteiger partial charge in [-0.25, -0.2) is 4.79 Å². The van der Waals surface area contributed by atoms with Crippen molar-refractivity contribution >= 4 is 12.2 Å². The summed E-state index contributed by atoms with van der Waals surface area (Å²) >= 11 is 0. The van der Waals surface area contributed by atoms with Crippen molar-refractivity contribution in [2.45, 2.75) is 0 Å². The van der Waals surface area contributed by atoms with E-state index < -0.39 is 6.09 Å². The van der Waals surface area contributed by atoms with Gasteiger partial charge in [0.2, 0.25) is 0 Å². The molecule has 3 heteroatoms. The Hall–Kier alpha value is -1.77. The Morgan fingerprint density at radius 2 is 2.08 bits per heavy atom. The molecule has 0 spiro atoms. The van der Waals surface area contributed by atoms with Crippen LogP contribution in [0.25, 0.3) is 6.08 Å². The number of hydrogen-bond donors (Lipinski definition) is 1. The van der Waals surface area contributed by atoms with Gasteiger partial charge in [-0.2, -0.15) is 0 Å². The highest BCUT2D eigenvalue weighted by atomic mass is 16.5. The maximum Gasteiger partial charge on any atom is 0.410 e. The fraction of sp³-hybridized carbons (Fsp3) is 0.100. The third-order valence-electron chi connectivity index (χ3n) is 1.46. The van der Waals surface area contributed by atoms with E-state index in [4.69, 9.17) is 0 Å². The van der Waals surface area contributed by atoms with Crippen molar-refractivity contribution in [2.75, 3.05) is 7.11 Å². The highest BCUT2D eigenvalue weighted by Gasteiger charge is 1.90. The second-order valence-electron chi connectivity index (χ2n) is 2.38. The molecule has 0 aliphatic carbocycles. The smallest absolute Gasteiger partial charge is 0.410 e. The van der Waals surface area contributed by atoms with Gasteiger partial charge >= 0.3 is 6.09 Å². The van der Waals surface area contributed by atoms with E-state index in [-0.39, 0.29) is 0 Å². The zero-order chi connectivity index (χ0) is 9.52. The highest BCUT2D eigenvalue weighted by molar-refractivity contribution is 5.69. The van der Waals surface area contributed by atoms with Gasteiger partial charge in [0.15, 0.2) is 0 Å². The molecule has 0 aromatic heterocycles. The fourth-order valence-electron chi connectivity index (χ4n) is 0.829. The number of amides is 1. The molecule has 3 nitrogen and oxygen atoms in total. The Morgan fingerprint density at radius 1 is 1.38 bits per heavy atom. The van der Waals surface area contributed by atoms with E-state index in [1.165, 1.54) is 7.11 Å². The van der Waals surface area contributed by atoms with Crippen LogP contribution in [0.4, 0.5) is 4.79 Å². The molecule has 0 unspecified atom stereocenters. The molecule has 0 saturated carbocycles. The lowest BCUT2D eigenvalue weighted by molar-refractivity contribution is 0.175. The minimum Gasteiger partial charge on any atom is -0.453 e. The molecule has 1 aromatic carbocycles. The molecule has 0 heterocycles. The van der Waals surface area contributed by atoms with E-state index in [9.17, 15) is 4.79 Å². The largest absolute Gasteiger partial charge is 0.453 e. The third kappa shape index (κ3) is 3.42. The molecular formula is C10H11NO2. The lowest BCUT2D eigenvalue weighted by Crippen LogP contribution is -2.15. The average molecular weight is 177 g/mol. The van der Waals surface area contributed by atoms with Crippen LogP contribution in [0.15, 0.2) is 36.5 Å². The van der Waals surface area contributed by atoms with Crippen LogP contribution in [0.5, 0.6) is 0 Å². The van der Waals surface area contributed by atoms with Crippen LogP contribution in [-0.2, 0) is 4.74 Å². The number of rotatable bonds is 2. The number of nitrogens with one attached hydrogen (secondary N) is 1. The summed E-state index contributed by atoms with van der Waals surface area (Å²) in [6.45, 7) is 0. The summed E-state index contributed by atoms with van der Waals surface area (Å²) in [5.74, 6) is 0. The first-order valence-corrected chi connectivity index (χ1v) is 3.89. The minimum absolute atomic E-state index is 0.466. The maximum absolute atomic E-state index is 10.6.